The number of rotatable bonds is 2. The van der Waals surface area contributed by atoms with Crippen LogP contribution in [0.25, 0.3) is 0 Å². The second-order valence-corrected chi connectivity index (χ2v) is 2.25. The molecule has 2 radical (unpaired) electrons. The number of nitrogens with one attached hydrogen (secondary N) is 1. The van der Waals surface area contributed by atoms with Crippen molar-refractivity contribution in [3.63, 3.8) is 0 Å². The zero-order valence-electron chi connectivity index (χ0n) is 6.09. The molecule has 0 aliphatic heterocycles. The maximum atomic E-state index is 5.30. The second kappa shape index (κ2) is 3.25. The maximum absolute atomic E-state index is 5.30. The van der Waals surface area contributed by atoms with Crippen LogP contribution in [0, 0.1) is 13.8 Å². The Morgan fingerprint density at radius 1 is 1.50 bits per heavy atom. The largest absolute Gasteiger partial charge is 0.385 e. The summed E-state index contributed by atoms with van der Waals surface area (Å²) in [4.78, 5) is 0. The molecule has 0 atom stereocenters. The summed E-state index contributed by atoms with van der Waals surface area (Å²) in [7, 11) is 0. The maximum Gasteiger partial charge on any atom is 0.0342 e. The Kier molecular flexibility index (Phi) is 2.32. The number of aryl methyl sites for hydroxylation is 1. The van der Waals surface area contributed by atoms with Crippen molar-refractivity contribution in [3.05, 3.63) is 36.8 Å². The van der Waals surface area contributed by atoms with E-state index in [4.69, 9.17) is 6.92 Å². The summed E-state index contributed by atoms with van der Waals surface area (Å²) in [6, 6.07) is 8.13. The van der Waals surface area contributed by atoms with E-state index in [-0.39, 0.29) is 0 Å². The Bertz CT molecular complexity index is 206. The Balaban J connectivity index is 2.75. The van der Waals surface area contributed by atoms with Crippen LogP contribution in [0.3, 0.4) is 0 Å². The van der Waals surface area contributed by atoms with E-state index in [9.17, 15) is 0 Å². The second-order valence-electron chi connectivity index (χ2n) is 2.25. The molecular formula is C9H11N. The van der Waals surface area contributed by atoms with E-state index in [1.807, 2.05) is 12.1 Å². The van der Waals surface area contributed by atoms with Gasteiger partial charge in [0.1, 0.15) is 0 Å². The predicted octanol–water partition coefficient (Wildman–Crippen LogP) is 2.12. The van der Waals surface area contributed by atoms with Gasteiger partial charge in [-0.15, -0.1) is 0 Å². The molecule has 0 unspecified atom stereocenters. The van der Waals surface area contributed by atoms with Crippen LogP contribution in [0.5, 0.6) is 0 Å². The van der Waals surface area contributed by atoms with Gasteiger partial charge in [0.15, 0.2) is 0 Å². The zero-order chi connectivity index (χ0) is 7.40. The quantitative estimate of drug-likeness (QED) is 0.651. The molecule has 1 aromatic carbocycles. The molecule has 1 aromatic rings. The van der Waals surface area contributed by atoms with Crippen LogP contribution < -0.4 is 5.32 Å². The van der Waals surface area contributed by atoms with E-state index in [0.29, 0.717) is 6.54 Å². The minimum Gasteiger partial charge on any atom is -0.385 e. The van der Waals surface area contributed by atoms with Crippen molar-refractivity contribution < 1.29 is 0 Å². The van der Waals surface area contributed by atoms with Crippen LogP contribution in [0.2, 0.25) is 0 Å². The molecule has 0 aromatic heterocycles. The van der Waals surface area contributed by atoms with Gasteiger partial charge in [-0.25, -0.2) is 0 Å². The zero-order valence-corrected chi connectivity index (χ0v) is 6.09. The van der Waals surface area contributed by atoms with E-state index in [0.717, 1.165) is 5.69 Å². The van der Waals surface area contributed by atoms with E-state index in [1.165, 1.54) is 5.56 Å². The summed E-state index contributed by atoms with van der Waals surface area (Å²) in [5.41, 5.74) is 2.33. The van der Waals surface area contributed by atoms with Gasteiger partial charge >= 0.3 is 0 Å². The van der Waals surface area contributed by atoms with Gasteiger partial charge in [-0.2, -0.15) is 0 Å². The van der Waals surface area contributed by atoms with Gasteiger partial charge in [-0.05, 0) is 31.5 Å². The number of anilines is 1. The summed E-state index contributed by atoms with van der Waals surface area (Å²) >= 11 is 0. The van der Waals surface area contributed by atoms with Crippen LogP contribution in [-0.2, 0) is 0 Å². The fraction of sp³-hybridized carbons (Fsp3) is 0.222. The predicted molar refractivity (Wildman–Crippen MR) is 44.0 cm³/mol. The van der Waals surface area contributed by atoms with Gasteiger partial charge in [0.2, 0.25) is 0 Å². The molecule has 0 aliphatic rings. The molecule has 0 saturated heterocycles. The average Bonchev–Trinajstić information content (AvgIpc) is 1.88. The third kappa shape index (κ3) is 1.76. The summed E-state index contributed by atoms with van der Waals surface area (Å²) in [5.74, 6) is 0. The molecule has 10 heavy (non-hydrogen) atoms. The molecule has 1 N–H and O–H groups in total. The third-order valence-electron chi connectivity index (χ3n) is 1.32. The van der Waals surface area contributed by atoms with Gasteiger partial charge in [0, 0.05) is 12.2 Å². The highest BCUT2D eigenvalue weighted by Gasteiger charge is 1.87. The fourth-order valence-corrected chi connectivity index (χ4v) is 0.873. The van der Waals surface area contributed by atoms with Crippen molar-refractivity contribution in [2.45, 2.75) is 6.92 Å². The summed E-state index contributed by atoms with van der Waals surface area (Å²) < 4.78 is 0. The number of hydrogen-bond donors (Lipinski definition) is 1. The molecule has 1 rings (SSSR count). The van der Waals surface area contributed by atoms with Crippen molar-refractivity contribution in [3.8, 4) is 0 Å². The molecule has 0 saturated carbocycles. The lowest BCUT2D eigenvalue weighted by atomic mass is 10.2. The van der Waals surface area contributed by atoms with Gasteiger partial charge in [-0.3, -0.25) is 0 Å². The molecule has 0 fully saturated rings. The highest BCUT2D eigenvalue weighted by molar-refractivity contribution is 5.45. The Hall–Kier alpha value is -0.980. The first kappa shape index (κ1) is 7.13. The van der Waals surface area contributed by atoms with E-state index < -0.39 is 0 Å². The smallest absolute Gasteiger partial charge is 0.0342 e. The normalized spacial score (nSPS) is 9.40. The standard InChI is InChI=1S/C9H11N/c1-3-10-9-6-4-5-8(2)7-9/h1,4-7,10H,3H2,2H3. The summed E-state index contributed by atoms with van der Waals surface area (Å²) in [5, 5.41) is 3.03. The topological polar surface area (TPSA) is 12.0 Å². The molecule has 1 heteroatoms. The highest BCUT2D eigenvalue weighted by atomic mass is 14.8. The van der Waals surface area contributed by atoms with Crippen molar-refractivity contribution in [2.24, 2.45) is 0 Å². The van der Waals surface area contributed by atoms with E-state index in [2.05, 4.69) is 24.4 Å². The van der Waals surface area contributed by atoms with Crippen molar-refractivity contribution in [1.82, 2.24) is 0 Å². The van der Waals surface area contributed by atoms with E-state index >= 15 is 0 Å². The van der Waals surface area contributed by atoms with Gasteiger partial charge < -0.3 is 5.32 Å². The van der Waals surface area contributed by atoms with Crippen LogP contribution in [0.1, 0.15) is 5.56 Å². The molecule has 0 heterocycles. The van der Waals surface area contributed by atoms with Gasteiger partial charge in [-0.1, -0.05) is 12.1 Å². The number of hydrogen-bond acceptors (Lipinski definition) is 1. The highest BCUT2D eigenvalue weighted by Crippen LogP contribution is 2.08. The van der Waals surface area contributed by atoms with Crippen LogP contribution >= 0.6 is 0 Å². The first-order valence-corrected chi connectivity index (χ1v) is 3.33. The lowest BCUT2D eigenvalue weighted by Crippen LogP contribution is -1.95. The van der Waals surface area contributed by atoms with Crippen LogP contribution in [-0.4, -0.2) is 6.54 Å². The summed E-state index contributed by atoms with van der Waals surface area (Å²) in [6.07, 6.45) is 0. The van der Waals surface area contributed by atoms with E-state index in [1.54, 1.807) is 0 Å². The lowest BCUT2D eigenvalue weighted by molar-refractivity contribution is 1.32. The van der Waals surface area contributed by atoms with Crippen molar-refractivity contribution in [1.29, 1.82) is 0 Å². The van der Waals surface area contributed by atoms with Crippen molar-refractivity contribution >= 4 is 5.69 Å². The minimum absolute atomic E-state index is 0.490. The third-order valence-corrected chi connectivity index (χ3v) is 1.32. The summed E-state index contributed by atoms with van der Waals surface area (Å²) in [6.45, 7) is 7.85. The van der Waals surface area contributed by atoms with Crippen LogP contribution in [0.4, 0.5) is 5.69 Å². The van der Waals surface area contributed by atoms with Gasteiger partial charge in [0.25, 0.3) is 0 Å². The SMILES string of the molecule is [CH]CNc1cccc(C)c1. The Labute approximate surface area is 62.1 Å². The Morgan fingerprint density at radius 2 is 2.30 bits per heavy atom. The molecule has 1 nitrogen and oxygen atoms in total. The fourth-order valence-electron chi connectivity index (χ4n) is 0.873. The first-order chi connectivity index (χ1) is 4.83. The lowest BCUT2D eigenvalue weighted by Gasteiger charge is -2.01. The first-order valence-electron chi connectivity index (χ1n) is 3.33. The number of benzene rings is 1. The van der Waals surface area contributed by atoms with Crippen molar-refractivity contribution in [2.75, 3.05) is 11.9 Å². The molecular weight excluding hydrogens is 122 g/mol. The van der Waals surface area contributed by atoms with Crippen LogP contribution in [0.15, 0.2) is 24.3 Å². The molecule has 0 amide bonds. The average molecular weight is 133 g/mol. The Morgan fingerprint density at radius 3 is 2.90 bits per heavy atom. The van der Waals surface area contributed by atoms with Gasteiger partial charge in [0.05, 0.1) is 0 Å². The molecule has 0 aliphatic carbocycles. The molecule has 0 bridgehead atoms. The monoisotopic (exact) mass is 133 g/mol. The molecule has 52 valence electrons. The minimum atomic E-state index is 0.490. The molecule has 0 spiro atoms.